The zero-order valence-electron chi connectivity index (χ0n) is 14.3. The van der Waals surface area contributed by atoms with Gasteiger partial charge in [0.1, 0.15) is 0 Å². The number of hydrazine groups is 1. The van der Waals surface area contributed by atoms with E-state index in [1.165, 1.54) is 24.5 Å². The fourth-order valence-electron chi connectivity index (χ4n) is 2.18. The molecule has 7 heteroatoms. The van der Waals surface area contributed by atoms with Gasteiger partial charge in [-0.15, -0.1) is 11.3 Å². The van der Waals surface area contributed by atoms with Crippen molar-refractivity contribution in [1.82, 2.24) is 10.4 Å². The quantitative estimate of drug-likeness (QED) is 0.227. The fourth-order valence-corrected chi connectivity index (χ4v) is 2.84. The SMILES string of the molecule is COCCNN(C(=O)c1cccs1)C(C=O)C(=O)C=Cc1ccccc1. The lowest BCUT2D eigenvalue weighted by atomic mass is 10.1. The van der Waals surface area contributed by atoms with Gasteiger partial charge in [-0.05, 0) is 23.1 Å². The smallest absolute Gasteiger partial charge is 0.279 e. The van der Waals surface area contributed by atoms with Crippen molar-refractivity contribution in [2.45, 2.75) is 6.04 Å². The highest BCUT2D eigenvalue weighted by Crippen LogP contribution is 2.13. The van der Waals surface area contributed by atoms with Crippen LogP contribution in [0.3, 0.4) is 0 Å². The molecule has 0 aliphatic heterocycles. The van der Waals surface area contributed by atoms with Crippen LogP contribution in [0.4, 0.5) is 0 Å². The van der Waals surface area contributed by atoms with Gasteiger partial charge >= 0.3 is 0 Å². The Hall–Kier alpha value is -2.61. The predicted molar refractivity (Wildman–Crippen MR) is 101 cm³/mol. The molecule has 6 nitrogen and oxygen atoms in total. The van der Waals surface area contributed by atoms with Gasteiger partial charge < -0.3 is 9.53 Å². The topological polar surface area (TPSA) is 75.7 Å². The zero-order valence-corrected chi connectivity index (χ0v) is 15.1. The average molecular weight is 372 g/mol. The summed E-state index contributed by atoms with van der Waals surface area (Å²) in [5.41, 5.74) is 3.65. The summed E-state index contributed by atoms with van der Waals surface area (Å²) in [5.74, 6) is -0.923. The van der Waals surface area contributed by atoms with Crippen LogP contribution in [0.15, 0.2) is 53.9 Å². The van der Waals surface area contributed by atoms with Gasteiger partial charge in [0.15, 0.2) is 18.1 Å². The molecule has 1 atom stereocenters. The summed E-state index contributed by atoms with van der Waals surface area (Å²) < 4.78 is 4.96. The highest BCUT2D eigenvalue weighted by Gasteiger charge is 2.29. The van der Waals surface area contributed by atoms with Crippen LogP contribution in [0.25, 0.3) is 6.08 Å². The second-order valence-electron chi connectivity index (χ2n) is 5.28. The maximum absolute atomic E-state index is 12.7. The van der Waals surface area contributed by atoms with Gasteiger partial charge in [0.05, 0.1) is 11.5 Å². The first-order chi connectivity index (χ1) is 12.7. The molecule has 1 aromatic carbocycles. The van der Waals surface area contributed by atoms with E-state index in [1.807, 2.05) is 30.3 Å². The van der Waals surface area contributed by atoms with E-state index in [2.05, 4.69) is 5.43 Å². The van der Waals surface area contributed by atoms with Gasteiger partial charge in [-0.2, -0.15) is 0 Å². The van der Waals surface area contributed by atoms with Crippen LogP contribution in [0.2, 0.25) is 0 Å². The Morgan fingerprint density at radius 3 is 2.62 bits per heavy atom. The molecule has 0 radical (unpaired) electrons. The van der Waals surface area contributed by atoms with Crippen LogP contribution < -0.4 is 5.43 Å². The maximum atomic E-state index is 12.7. The predicted octanol–water partition coefficient (Wildman–Crippen LogP) is 2.19. The number of thiophene rings is 1. The minimum absolute atomic E-state index is 0.285. The monoisotopic (exact) mass is 372 g/mol. The van der Waals surface area contributed by atoms with Crippen molar-refractivity contribution in [3.05, 3.63) is 64.4 Å². The number of benzene rings is 1. The van der Waals surface area contributed by atoms with Gasteiger partial charge in [0, 0.05) is 13.7 Å². The van der Waals surface area contributed by atoms with E-state index in [1.54, 1.807) is 23.6 Å². The summed E-state index contributed by atoms with van der Waals surface area (Å²) >= 11 is 1.24. The van der Waals surface area contributed by atoms with Crippen molar-refractivity contribution in [2.24, 2.45) is 0 Å². The van der Waals surface area contributed by atoms with Gasteiger partial charge in [0.25, 0.3) is 5.91 Å². The number of aldehydes is 1. The minimum atomic E-state index is -1.26. The molecule has 0 saturated carbocycles. The highest BCUT2D eigenvalue weighted by molar-refractivity contribution is 7.12. The number of nitrogens with zero attached hydrogens (tertiary/aromatic N) is 1. The Balaban J connectivity index is 2.18. The number of carbonyl (C=O) groups is 3. The van der Waals surface area contributed by atoms with E-state index in [4.69, 9.17) is 4.74 Å². The first-order valence-electron chi connectivity index (χ1n) is 7.99. The molecule has 1 unspecified atom stereocenters. The molecule has 136 valence electrons. The molecule has 0 spiro atoms. The largest absolute Gasteiger partial charge is 0.383 e. The molecule has 2 aromatic rings. The number of ketones is 1. The third-order valence-corrected chi connectivity index (χ3v) is 4.34. The van der Waals surface area contributed by atoms with Crippen LogP contribution in [-0.4, -0.2) is 49.3 Å². The van der Waals surface area contributed by atoms with Crippen LogP contribution in [0.5, 0.6) is 0 Å². The first-order valence-corrected chi connectivity index (χ1v) is 8.87. The second kappa shape index (κ2) is 10.4. The van der Waals surface area contributed by atoms with E-state index in [9.17, 15) is 14.4 Å². The third-order valence-electron chi connectivity index (χ3n) is 3.48. The molecule has 2 rings (SSSR count). The van der Waals surface area contributed by atoms with Gasteiger partial charge in [-0.25, -0.2) is 5.43 Å². The van der Waals surface area contributed by atoms with Crippen molar-refractivity contribution in [3.8, 4) is 0 Å². The number of rotatable bonds is 10. The maximum Gasteiger partial charge on any atom is 0.279 e. The van der Waals surface area contributed by atoms with E-state index < -0.39 is 17.7 Å². The number of carbonyl (C=O) groups excluding carboxylic acids is 3. The van der Waals surface area contributed by atoms with Crippen molar-refractivity contribution in [2.75, 3.05) is 20.3 Å². The summed E-state index contributed by atoms with van der Waals surface area (Å²) in [6.45, 7) is 0.613. The molecule has 0 fully saturated rings. The lowest BCUT2D eigenvalue weighted by Gasteiger charge is -2.26. The molecule has 0 bridgehead atoms. The minimum Gasteiger partial charge on any atom is -0.383 e. The summed E-state index contributed by atoms with van der Waals surface area (Å²) in [5, 5.41) is 2.82. The van der Waals surface area contributed by atoms with Crippen molar-refractivity contribution in [3.63, 3.8) is 0 Å². The number of hydrogen-bond donors (Lipinski definition) is 1. The normalized spacial score (nSPS) is 12.0. The first kappa shape index (κ1) is 19.7. The summed E-state index contributed by atoms with van der Waals surface area (Å²) in [6, 6.07) is 11.4. The fraction of sp³-hybridized carbons (Fsp3) is 0.211. The number of methoxy groups -OCH3 is 1. The third kappa shape index (κ3) is 5.45. The van der Waals surface area contributed by atoms with E-state index in [-0.39, 0.29) is 6.54 Å². The second-order valence-corrected chi connectivity index (χ2v) is 6.23. The number of nitrogens with one attached hydrogen (secondary N) is 1. The number of amides is 1. The van der Waals surface area contributed by atoms with E-state index in [0.29, 0.717) is 17.8 Å². The molecular weight excluding hydrogens is 352 g/mol. The summed E-state index contributed by atoms with van der Waals surface area (Å²) in [6.07, 6.45) is 3.38. The standard InChI is InChI=1S/C19H20N2O4S/c1-25-12-11-20-21(19(24)18-8-5-13-26-18)16(14-22)17(23)10-9-15-6-3-2-4-7-15/h2-10,13-14,16,20H,11-12H2,1H3. The number of ether oxygens (including phenoxy) is 1. The Labute approximate surface area is 156 Å². The summed E-state index contributed by atoms with van der Waals surface area (Å²) in [7, 11) is 1.53. The van der Waals surface area contributed by atoms with Crippen LogP contribution in [0, 0.1) is 0 Å². The van der Waals surface area contributed by atoms with Gasteiger partial charge in [0.2, 0.25) is 0 Å². The number of hydrogen-bond acceptors (Lipinski definition) is 6. The molecule has 1 N–H and O–H groups in total. The van der Waals surface area contributed by atoms with Crippen LogP contribution in [0.1, 0.15) is 15.2 Å². The van der Waals surface area contributed by atoms with Crippen LogP contribution >= 0.6 is 11.3 Å². The van der Waals surface area contributed by atoms with Crippen LogP contribution in [-0.2, 0) is 14.3 Å². The molecule has 0 aliphatic carbocycles. The molecule has 26 heavy (non-hydrogen) atoms. The molecule has 1 aromatic heterocycles. The Bertz CT molecular complexity index is 744. The van der Waals surface area contributed by atoms with Crippen molar-refractivity contribution < 1.29 is 19.1 Å². The van der Waals surface area contributed by atoms with Gasteiger partial charge in [-0.3, -0.25) is 14.6 Å². The lowest BCUT2D eigenvalue weighted by molar-refractivity contribution is -0.126. The van der Waals surface area contributed by atoms with Crippen molar-refractivity contribution >= 4 is 35.4 Å². The molecule has 0 aliphatic rings. The lowest BCUT2D eigenvalue weighted by Crippen LogP contribution is -2.54. The molecular formula is C19H20N2O4S. The Morgan fingerprint density at radius 2 is 2.00 bits per heavy atom. The summed E-state index contributed by atoms with van der Waals surface area (Å²) in [4.78, 5) is 37.2. The molecule has 1 amide bonds. The average Bonchev–Trinajstić information content (AvgIpc) is 3.21. The Kier molecular flexibility index (Phi) is 7.88. The highest BCUT2D eigenvalue weighted by atomic mass is 32.1. The Morgan fingerprint density at radius 1 is 1.23 bits per heavy atom. The van der Waals surface area contributed by atoms with E-state index in [0.717, 1.165) is 10.6 Å². The van der Waals surface area contributed by atoms with E-state index >= 15 is 0 Å². The molecule has 1 heterocycles. The molecule has 0 saturated heterocycles. The zero-order chi connectivity index (χ0) is 18.8. The van der Waals surface area contributed by atoms with Gasteiger partial charge in [-0.1, -0.05) is 42.5 Å². The van der Waals surface area contributed by atoms with Crippen molar-refractivity contribution in [1.29, 1.82) is 0 Å².